The fourth-order valence-electron chi connectivity index (χ4n) is 1.99. The van der Waals surface area contributed by atoms with Crippen molar-refractivity contribution in [1.82, 2.24) is 15.0 Å². The van der Waals surface area contributed by atoms with Crippen LogP contribution in [0.3, 0.4) is 0 Å². The summed E-state index contributed by atoms with van der Waals surface area (Å²) in [5.74, 6) is 0.233. The summed E-state index contributed by atoms with van der Waals surface area (Å²) >= 11 is 1.34. The smallest absolute Gasteiger partial charge is 0.349 e. The predicted molar refractivity (Wildman–Crippen MR) is 92.1 cm³/mol. The molecule has 0 radical (unpaired) electrons. The van der Waals surface area contributed by atoms with Crippen molar-refractivity contribution in [2.75, 3.05) is 11.1 Å². The van der Waals surface area contributed by atoms with Gasteiger partial charge in [0.2, 0.25) is 11.9 Å². The number of carbonyl (C=O) groups excluding carboxylic acids is 1. The number of benzene rings is 1. The van der Waals surface area contributed by atoms with Gasteiger partial charge in [-0.05, 0) is 36.1 Å². The van der Waals surface area contributed by atoms with E-state index in [1.807, 2.05) is 48.7 Å². The van der Waals surface area contributed by atoms with E-state index >= 15 is 0 Å². The Hall–Kier alpha value is -3.00. The average molecular weight is 341 g/mol. The summed E-state index contributed by atoms with van der Waals surface area (Å²) in [6, 6.07) is 11.3. The molecule has 2 heterocycles. The number of rotatable bonds is 5. The van der Waals surface area contributed by atoms with Crippen molar-refractivity contribution < 1.29 is 9.53 Å². The molecule has 1 aromatic carbocycles. The minimum Gasteiger partial charge on any atom is -0.453 e. The Morgan fingerprint density at radius 1 is 1.21 bits per heavy atom. The molecule has 3 rings (SSSR count). The normalized spacial score (nSPS) is 10.4. The van der Waals surface area contributed by atoms with Crippen LogP contribution in [-0.2, 0) is 11.3 Å². The predicted octanol–water partition coefficient (Wildman–Crippen LogP) is 2.92. The number of ether oxygens (including phenoxy) is 1. The van der Waals surface area contributed by atoms with Crippen LogP contribution in [0.5, 0.6) is 0 Å². The van der Waals surface area contributed by atoms with Gasteiger partial charge >= 0.3 is 5.97 Å². The molecule has 0 spiro atoms. The summed E-state index contributed by atoms with van der Waals surface area (Å²) in [6.07, 6.45) is 0. The molecule has 0 aliphatic rings. The van der Waals surface area contributed by atoms with E-state index in [-0.39, 0.29) is 18.4 Å². The van der Waals surface area contributed by atoms with E-state index in [4.69, 9.17) is 10.5 Å². The van der Waals surface area contributed by atoms with Crippen LogP contribution < -0.4 is 11.1 Å². The summed E-state index contributed by atoms with van der Waals surface area (Å²) in [4.78, 5) is 24.8. The van der Waals surface area contributed by atoms with E-state index in [0.717, 1.165) is 11.3 Å². The van der Waals surface area contributed by atoms with E-state index in [1.54, 1.807) is 0 Å². The first-order valence-corrected chi connectivity index (χ1v) is 8.03. The number of esters is 1. The Morgan fingerprint density at radius 3 is 2.71 bits per heavy atom. The molecule has 2 aromatic heterocycles. The largest absolute Gasteiger partial charge is 0.453 e. The maximum absolute atomic E-state index is 12.0. The van der Waals surface area contributed by atoms with Crippen LogP contribution in [-0.4, -0.2) is 20.9 Å². The minimum absolute atomic E-state index is 0.0572. The Balaban J connectivity index is 1.70. The molecule has 0 atom stereocenters. The molecule has 0 fully saturated rings. The van der Waals surface area contributed by atoms with Gasteiger partial charge in [0.1, 0.15) is 4.88 Å². The molecular weight excluding hydrogens is 326 g/mol. The summed E-state index contributed by atoms with van der Waals surface area (Å²) in [5, 5.41) is 4.87. The molecule has 8 heteroatoms. The van der Waals surface area contributed by atoms with Gasteiger partial charge in [0.25, 0.3) is 0 Å². The van der Waals surface area contributed by atoms with Gasteiger partial charge in [-0.15, -0.1) is 11.3 Å². The molecule has 0 saturated carbocycles. The van der Waals surface area contributed by atoms with Crippen LogP contribution in [0.4, 0.5) is 17.6 Å². The quantitative estimate of drug-likeness (QED) is 0.688. The highest BCUT2D eigenvalue weighted by Crippen LogP contribution is 2.17. The summed E-state index contributed by atoms with van der Waals surface area (Å²) in [7, 11) is 0. The molecule has 122 valence electrons. The minimum atomic E-state index is -0.404. The third-order valence-corrected chi connectivity index (χ3v) is 4.11. The molecule has 0 bridgehead atoms. The lowest BCUT2D eigenvalue weighted by molar-refractivity contribution is 0.0467. The van der Waals surface area contributed by atoms with Crippen molar-refractivity contribution in [2.45, 2.75) is 13.5 Å². The van der Waals surface area contributed by atoms with Crippen LogP contribution >= 0.6 is 11.3 Å². The first-order chi connectivity index (χ1) is 11.6. The molecule has 0 saturated heterocycles. The number of hydrogen-bond acceptors (Lipinski definition) is 8. The highest BCUT2D eigenvalue weighted by atomic mass is 32.1. The van der Waals surface area contributed by atoms with E-state index in [9.17, 15) is 4.79 Å². The molecule has 0 unspecified atom stereocenters. The van der Waals surface area contributed by atoms with Crippen LogP contribution in [0, 0.1) is 6.92 Å². The van der Waals surface area contributed by atoms with Crippen molar-refractivity contribution >= 4 is 34.9 Å². The molecule has 7 nitrogen and oxygen atoms in total. The number of para-hydroxylation sites is 1. The second-order valence-electron chi connectivity index (χ2n) is 4.93. The summed E-state index contributed by atoms with van der Waals surface area (Å²) < 4.78 is 5.25. The number of nitrogens with two attached hydrogens (primary N) is 1. The zero-order valence-corrected chi connectivity index (χ0v) is 13.7. The zero-order valence-electron chi connectivity index (χ0n) is 12.9. The number of nitrogens with one attached hydrogen (secondary N) is 1. The molecule has 0 aliphatic heterocycles. The summed E-state index contributed by atoms with van der Waals surface area (Å²) in [6.45, 7) is 1.78. The monoisotopic (exact) mass is 341 g/mol. The van der Waals surface area contributed by atoms with Crippen LogP contribution in [0.1, 0.15) is 21.1 Å². The fourth-order valence-corrected chi connectivity index (χ4v) is 2.80. The van der Waals surface area contributed by atoms with Gasteiger partial charge in [-0.3, -0.25) is 0 Å². The second-order valence-corrected chi connectivity index (χ2v) is 5.85. The van der Waals surface area contributed by atoms with Crippen molar-refractivity contribution in [3.8, 4) is 0 Å². The molecular formula is C16H15N5O2S. The van der Waals surface area contributed by atoms with Crippen LogP contribution in [0.15, 0.2) is 41.8 Å². The third-order valence-electron chi connectivity index (χ3n) is 3.11. The zero-order chi connectivity index (χ0) is 16.9. The Labute approximate surface area is 142 Å². The SMILES string of the molecule is Cc1ccsc1C(=O)OCc1nc(N)nc(Nc2ccccc2)n1. The topological polar surface area (TPSA) is 103 Å². The van der Waals surface area contributed by atoms with Gasteiger partial charge in [-0.25, -0.2) is 4.79 Å². The highest BCUT2D eigenvalue weighted by Gasteiger charge is 2.13. The molecule has 3 aromatic rings. The average Bonchev–Trinajstić information content (AvgIpc) is 2.99. The maximum atomic E-state index is 12.0. The van der Waals surface area contributed by atoms with E-state index in [0.29, 0.717) is 10.8 Å². The number of anilines is 3. The lowest BCUT2D eigenvalue weighted by atomic mass is 10.3. The van der Waals surface area contributed by atoms with Gasteiger partial charge < -0.3 is 15.8 Å². The Kier molecular flexibility index (Phi) is 4.66. The number of aromatic nitrogens is 3. The number of nitrogen functional groups attached to an aromatic ring is 1. The molecule has 3 N–H and O–H groups in total. The van der Waals surface area contributed by atoms with Gasteiger partial charge in [-0.2, -0.15) is 15.0 Å². The van der Waals surface area contributed by atoms with Crippen molar-refractivity contribution in [1.29, 1.82) is 0 Å². The number of hydrogen-bond donors (Lipinski definition) is 2. The highest BCUT2D eigenvalue weighted by molar-refractivity contribution is 7.12. The standard InChI is InChI=1S/C16H15N5O2S/c1-10-7-8-24-13(10)14(22)23-9-12-19-15(17)21-16(20-12)18-11-5-3-2-4-6-11/h2-8H,9H2,1H3,(H3,17,18,19,20,21). The lowest BCUT2D eigenvalue weighted by Gasteiger charge is -2.08. The van der Waals surface area contributed by atoms with E-state index in [2.05, 4.69) is 20.3 Å². The van der Waals surface area contributed by atoms with Crippen molar-refractivity contribution in [3.05, 3.63) is 58.0 Å². The number of thiophene rings is 1. The van der Waals surface area contributed by atoms with Gasteiger partial charge in [0, 0.05) is 5.69 Å². The number of nitrogens with zero attached hydrogens (tertiary/aromatic N) is 3. The van der Waals surface area contributed by atoms with Gasteiger partial charge in [-0.1, -0.05) is 18.2 Å². The third kappa shape index (κ3) is 3.85. The second kappa shape index (κ2) is 7.05. The number of carbonyl (C=O) groups is 1. The Morgan fingerprint density at radius 2 is 2.00 bits per heavy atom. The molecule has 0 aliphatic carbocycles. The van der Waals surface area contributed by atoms with Gasteiger partial charge in [0.15, 0.2) is 12.4 Å². The van der Waals surface area contributed by atoms with Crippen LogP contribution in [0.2, 0.25) is 0 Å². The molecule has 24 heavy (non-hydrogen) atoms. The maximum Gasteiger partial charge on any atom is 0.349 e. The first kappa shape index (κ1) is 15.9. The first-order valence-electron chi connectivity index (χ1n) is 7.15. The fraction of sp³-hybridized carbons (Fsp3) is 0.125. The molecule has 0 amide bonds. The summed E-state index contributed by atoms with van der Waals surface area (Å²) in [5.41, 5.74) is 7.40. The van der Waals surface area contributed by atoms with E-state index < -0.39 is 5.97 Å². The lowest BCUT2D eigenvalue weighted by Crippen LogP contribution is -2.11. The van der Waals surface area contributed by atoms with Crippen LogP contribution in [0.25, 0.3) is 0 Å². The van der Waals surface area contributed by atoms with Gasteiger partial charge in [0.05, 0.1) is 0 Å². The van der Waals surface area contributed by atoms with Crippen molar-refractivity contribution in [3.63, 3.8) is 0 Å². The van der Waals surface area contributed by atoms with E-state index in [1.165, 1.54) is 11.3 Å². The number of aryl methyl sites for hydroxylation is 1. The van der Waals surface area contributed by atoms with Crippen molar-refractivity contribution in [2.24, 2.45) is 0 Å². The Bertz CT molecular complexity index is 851.